The van der Waals surface area contributed by atoms with Crippen LogP contribution < -0.4 is 15.1 Å². The molecule has 0 bridgehead atoms. The second-order valence-electron chi connectivity index (χ2n) is 18.2. The quantitative estimate of drug-likeness (QED) is 0.327. The molecule has 0 radical (unpaired) electrons. The molecule has 2 spiro atoms. The number of fused-ring (bicyclic) bond motifs is 2. The van der Waals surface area contributed by atoms with Crippen molar-refractivity contribution in [2.24, 2.45) is 16.7 Å². The summed E-state index contributed by atoms with van der Waals surface area (Å²) in [7, 11) is 0. The van der Waals surface area contributed by atoms with Crippen LogP contribution in [0.2, 0.25) is 5.02 Å². The Morgan fingerprint density at radius 1 is 0.862 bits per heavy atom. The van der Waals surface area contributed by atoms with E-state index >= 15 is 0 Å². The molecule has 10 rings (SSSR count). The number of carbonyl (C=O) groups is 5. The predicted octanol–water partition coefficient (Wildman–Crippen LogP) is 5.37. The lowest BCUT2D eigenvalue weighted by atomic mass is 9.57. The molecular weight excluding hydrogens is 754 g/mol. The van der Waals surface area contributed by atoms with Crippen LogP contribution in [0.1, 0.15) is 99.6 Å². The van der Waals surface area contributed by atoms with Gasteiger partial charge in [-0.05, 0) is 123 Å². The van der Waals surface area contributed by atoms with E-state index in [0.29, 0.717) is 46.8 Å². The van der Waals surface area contributed by atoms with Crippen LogP contribution in [-0.4, -0.2) is 95.6 Å². The topological polar surface area (TPSA) is 137 Å². The fourth-order valence-corrected chi connectivity index (χ4v) is 11.6. The SMILES string of the molecule is C[C@H]1CC2(CCN(c3ccc(C(=O)N4CC5(CC(CN6Cc7cc8c(cc7C6)C(=O)N(C6CCC(=O)NC6=O)C8=O)C5)C4)cc3)CC2)CN1c1ccc(C#N)c(Cl)c1. The van der Waals surface area contributed by atoms with E-state index in [1.807, 2.05) is 47.4 Å². The molecule has 6 heterocycles. The van der Waals surface area contributed by atoms with E-state index < -0.39 is 23.8 Å². The molecule has 58 heavy (non-hydrogen) atoms. The van der Waals surface area contributed by atoms with Crippen LogP contribution in [-0.2, 0) is 22.7 Å². The van der Waals surface area contributed by atoms with E-state index in [1.165, 1.54) is 0 Å². The van der Waals surface area contributed by atoms with Crippen molar-refractivity contribution in [3.63, 3.8) is 0 Å². The molecule has 1 N–H and O–H groups in total. The first kappa shape index (κ1) is 37.0. The van der Waals surface area contributed by atoms with Gasteiger partial charge in [0, 0.05) is 87.2 Å². The highest BCUT2D eigenvalue weighted by molar-refractivity contribution is 6.32. The first-order chi connectivity index (χ1) is 27.9. The maximum Gasteiger partial charge on any atom is 0.262 e. The summed E-state index contributed by atoms with van der Waals surface area (Å²) in [6.07, 6.45) is 5.78. The number of hydrogen-bond donors (Lipinski definition) is 1. The van der Waals surface area contributed by atoms with E-state index in [-0.39, 0.29) is 35.5 Å². The minimum Gasteiger partial charge on any atom is -0.371 e. The Kier molecular flexibility index (Phi) is 8.73. The van der Waals surface area contributed by atoms with Gasteiger partial charge >= 0.3 is 0 Å². The minimum absolute atomic E-state index is 0.0991. The molecule has 5 fully saturated rings. The van der Waals surface area contributed by atoms with Crippen LogP contribution in [0.3, 0.4) is 0 Å². The van der Waals surface area contributed by atoms with Crippen molar-refractivity contribution in [3.8, 4) is 6.07 Å². The third-order valence-electron chi connectivity index (χ3n) is 14.3. The molecule has 1 saturated carbocycles. The fourth-order valence-electron chi connectivity index (χ4n) is 11.4. The summed E-state index contributed by atoms with van der Waals surface area (Å²) in [6.45, 7) is 9.17. The second-order valence-corrected chi connectivity index (χ2v) is 18.6. The summed E-state index contributed by atoms with van der Waals surface area (Å²) in [5.41, 5.74) is 6.71. The van der Waals surface area contributed by atoms with E-state index in [1.54, 1.807) is 0 Å². The van der Waals surface area contributed by atoms with Crippen LogP contribution in [0, 0.1) is 28.1 Å². The molecule has 13 heteroatoms. The number of halogens is 1. The zero-order valence-electron chi connectivity index (χ0n) is 32.6. The number of hydrogen-bond acceptors (Lipinski definition) is 9. The van der Waals surface area contributed by atoms with Gasteiger partial charge < -0.3 is 14.7 Å². The highest BCUT2D eigenvalue weighted by Crippen LogP contribution is 2.53. The highest BCUT2D eigenvalue weighted by atomic mass is 35.5. The summed E-state index contributed by atoms with van der Waals surface area (Å²) < 4.78 is 0. The Morgan fingerprint density at radius 2 is 1.52 bits per heavy atom. The van der Waals surface area contributed by atoms with Crippen molar-refractivity contribution >= 4 is 52.5 Å². The first-order valence-corrected chi connectivity index (χ1v) is 21.0. The van der Waals surface area contributed by atoms with E-state index in [0.717, 1.165) is 104 Å². The number of amides is 5. The van der Waals surface area contributed by atoms with Gasteiger partial charge in [0.25, 0.3) is 17.7 Å². The molecule has 5 amide bonds. The van der Waals surface area contributed by atoms with Crippen molar-refractivity contribution in [1.82, 2.24) is 20.0 Å². The normalized spacial score (nSPS) is 24.8. The standard InChI is InChI=1S/C45H46ClN7O5/c1-27-17-44(26-52(27)34-7-4-30(20-47)37(46)16-34)10-12-50(13-11-44)33-5-2-29(3-6-33)41(56)51-24-45(25-51)18-28(19-45)21-49-22-31-14-35-36(15-32(31)23-49)43(58)53(42(35)57)38-8-9-39(54)48-40(38)55/h2-7,14-16,27-28,38H,8-13,17-19,21-26H2,1H3,(H,48,54,55)/t27-,38?/m0/s1. The van der Waals surface area contributed by atoms with Crippen molar-refractivity contribution in [2.75, 3.05) is 49.1 Å². The molecule has 0 aromatic heterocycles. The van der Waals surface area contributed by atoms with Crippen molar-refractivity contribution in [2.45, 2.75) is 77.0 Å². The van der Waals surface area contributed by atoms with Gasteiger partial charge in [-0.15, -0.1) is 0 Å². The maximum atomic E-state index is 13.5. The molecule has 1 aliphatic carbocycles. The number of anilines is 2. The smallest absolute Gasteiger partial charge is 0.262 e. The van der Waals surface area contributed by atoms with Gasteiger partial charge in [-0.25, -0.2) is 0 Å². The first-order valence-electron chi connectivity index (χ1n) is 20.6. The third kappa shape index (κ3) is 6.16. The summed E-state index contributed by atoms with van der Waals surface area (Å²) in [6, 6.07) is 19.2. The predicted molar refractivity (Wildman–Crippen MR) is 216 cm³/mol. The molecular formula is C45H46ClN7O5. The Labute approximate surface area is 342 Å². The molecule has 12 nitrogen and oxygen atoms in total. The number of nitrogens with zero attached hydrogens (tertiary/aromatic N) is 6. The molecule has 4 saturated heterocycles. The summed E-state index contributed by atoms with van der Waals surface area (Å²) >= 11 is 6.38. The molecule has 7 aliphatic rings. The largest absolute Gasteiger partial charge is 0.371 e. The lowest BCUT2D eigenvalue weighted by Gasteiger charge is -2.59. The van der Waals surface area contributed by atoms with Gasteiger partial charge in [-0.2, -0.15) is 5.26 Å². The number of nitriles is 1. The van der Waals surface area contributed by atoms with E-state index in [9.17, 15) is 29.2 Å². The monoisotopic (exact) mass is 799 g/mol. The highest BCUT2D eigenvalue weighted by Gasteiger charge is 2.54. The van der Waals surface area contributed by atoms with Gasteiger partial charge in [0.2, 0.25) is 11.8 Å². The second kappa shape index (κ2) is 13.7. The number of carbonyl (C=O) groups excluding carboxylic acids is 5. The number of likely N-dealkylation sites (tertiary alicyclic amines) is 1. The van der Waals surface area contributed by atoms with Crippen molar-refractivity contribution < 1.29 is 24.0 Å². The maximum absolute atomic E-state index is 13.5. The Morgan fingerprint density at radius 3 is 2.14 bits per heavy atom. The Balaban J connectivity index is 0.681. The molecule has 3 aromatic rings. The van der Waals surface area contributed by atoms with Crippen LogP contribution in [0.25, 0.3) is 0 Å². The zero-order valence-corrected chi connectivity index (χ0v) is 33.4. The number of piperidine rings is 2. The summed E-state index contributed by atoms with van der Waals surface area (Å²) in [5, 5.41) is 12.0. The van der Waals surface area contributed by atoms with Crippen LogP contribution in [0.15, 0.2) is 54.6 Å². The number of nitrogens with one attached hydrogen (secondary N) is 1. The summed E-state index contributed by atoms with van der Waals surface area (Å²) in [4.78, 5) is 74.5. The number of rotatable bonds is 6. The van der Waals surface area contributed by atoms with Gasteiger partial charge in [-0.1, -0.05) is 11.6 Å². The molecule has 3 aromatic carbocycles. The molecule has 6 aliphatic heterocycles. The van der Waals surface area contributed by atoms with E-state index in [4.69, 9.17) is 11.6 Å². The minimum atomic E-state index is -0.960. The van der Waals surface area contributed by atoms with Crippen LogP contribution >= 0.6 is 11.6 Å². The van der Waals surface area contributed by atoms with Crippen molar-refractivity contribution in [3.05, 3.63) is 93.0 Å². The molecule has 1 unspecified atom stereocenters. The molecule has 2 atom stereocenters. The average molecular weight is 800 g/mol. The van der Waals surface area contributed by atoms with Gasteiger partial charge in [0.15, 0.2) is 0 Å². The van der Waals surface area contributed by atoms with Gasteiger partial charge in [0.1, 0.15) is 12.1 Å². The average Bonchev–Trinajstić information content (AvgIpc) is 3.81. The third-order valence-corrected chi connectivity index (χ3v) is 14.6. The number of benzene rings is 3. The summed E-state index contributed by atoms with van der Waals surface area (Å²) in [5.74, 6) is -1.27. The lowest BCUT2D eigenvalue weighted by molar-refractivity contribution is -0.136. The van der Waals surface area contributed by atoms with Crippen molar-refractivity contribution in [1.29, 1.82) is 5.26 Å². The molecule has 298 valence electrons. The lowest BCUT2D eigenvalue weighted by Crippen LogP contribution is -2.64. The van der Waals surface area contributed by atoms with E-state index in [2.05, 4.69) is 45.1 Å². The van der Waals surface area contributed by atoms with Crippen LogP contribution in [0.5, 0.6) is 0 Å². The Hall–Kier alpha value is -5.25. The van der Waals surface area contributed by atoms with Crippen LogP contribution in [0.4, 0.5) is 11.4 Å². The van der Waals surface area contributed by atoms with Gasteiger partial charge in [-0.3, -0.25) is 39.1 Å². The number of imide groups is 2. The van der Waals surface area contributed by atoms with Gasteiger partial charge in [0.05, 0.1) is 21.7 Å². The Bertz CT molecular complexity index is 2270. The zero-order chi connectivity index (χ0) is 40.1. The fraction of sp³-hybridized carbons (Fsp3) is 0.467.